The van der Waals surface area contributed by atoms with Crippen LogP contribution in [-0.2, 0) is 0 Å². The van der Waals surface area contributed by atoms with E-state index in [0.717, 1.165) is 38.8 Å². The Labute approximate surface area is 107 Å². The van der Waals surface area contributed by atoms with Gasteiger partial charge in [-0.05, 0) is 12.8 Å². The summed E-state index contributed by atoms with van der Waals surface area (Å²) < 4.78 is 0. The van der Waals surface area contributed by atoms with Crippen molar-refractivity contribution >= 4 is 17.5 Å². The molecule has 1 aromatic rings. The predicted molar refractivity (Wildman–Crippen MR) is 69.3 cm³/mol. The number of carbonyl (C=O) groups excluding carboxylic acids is 1. The molecular formula is C12H20ClN3O. The molecular weight excluding hydrogens is 238 g/mol. The minimum atomic E-state index is -0.0712. The van der Waals surface area contributed by atoms with Gasteiger partial charge in [0.2, 0.25) is 0 Å². The number of halogens is 1. The Balaban J connectivity index is 2.68. The maximum atomic E-state index is 12.2. The molecule has 0 unspecified atom stereocenters. The predicted octanol–water partition coefficient (Wildman–Crippen LogP) is 3.11. The number of hydrogen-bond donors (Lipinski definition) is 1. The summed E-state index contributed by atoms with van der Waals surface area (Å²) in [6, 6.07) is 0. The fourth-order valence-electron chi connectivity index (χ4n) is 1.59. The Bertz CT molecular complexity index is 343. The van der Waals surface area contributed by atoms with E-state index in [9.17, 15) is 4.79 Å². The molecule has 1 rings (SSSR count). The summed E-state index contributed by atoms with van der Waals surface area (Å²) in [4.78, 5) is 14.0. The van der Waals surface area contributed by atoms with Crippen LogP contribution in [-0.4, -0.2) is 34.1 Å². The number of carbonyl (C=O) groups is 1. The van der Waals surface area contributed by atoms with Crippen molar-refractivity contribution < 1.29 is 4.79 Å². The van der Waals surface area contributed by atoms with E-state index in [1.807, 2.05) is 4.90 Å². The number of aromatic amines is 1. The largest absolute Gasteiger partial charge is 0.337 e. The van der Waals surface area contributed by atoms with Gasteiger partial charge in [-0.3, -0.25) is 9.89 Å². The Hall–Kier alpha value is -1.03. The molecule has 1 aromatic heterocycles. The summed E-state index contributed by atoms with van der Waals surface area (Å²) in [5.41, 5.74) is 0.332. The number of hydrogen-bond acceptors (Lipinski definition) is 2. The van der Waals surface area contributed by atoms with Crippen molar-refractivity contribution in [2.45, 2.75) is 39.5 Å². The third-order valence-corrected chi connectivity index (χ3v) is 2.93. The van der Waals surface area contributed by atoms with Crippen molar-refractivity contribution in [2.24, 2.45) is 0 Å². The van der Waals surface area contributed by atoms with Gasteiger partial charge in [-0.1, -0.05) is 38.3 Å². The van der Waals surface area contributed by atoms with Crippen LogP contribution in [0, 0.1) is 0 Å². The van der Waals surface area contributed by atoms with Crippen LogP contribution in [0.3, 0.4) is 0 Å². The highest BCUT2D eigenvalue weighted by molar-refractivity contribution is 6.33. The van der Waals surface area contributed by atoms with E-state index in [1.165, 1.54) is 6.20 Å². The summed E-state index contributed by atoms with van der Waals surface area (Å²) in [6.45, 7) is 5.78. The van der Waals surface area contributed by atoms with Gasteiger partial charge in [0.1, 0.15) is 0 Å². The van der Waals surface area contributed by atoms with E-state index < -0.39 is 0 Å². The van der Waals surface area contributed by atoms with Gasteiger partial charge in [0.25, 0.3) is 5.91 Å². The fourth-order valence-corrected chi connectivity index (χ4v) is 1.76. The van der Waals surface area contributed by atoms with Crippen LogP contribution in [0.5, 0.6) is 0 Å². The molecule has 0 spiro atoms. The summed E-state index contributed by atoms with van der Waals surface area (Å²) in [7, 11) is 0. The molecule has 4 nitrogen and oxygen atoms in total. The molecule has 0 aliphatic carbocycles. The minimum absolute atomic E-state index is 0.0712. The number of aromatic nitrogens is 2. The maximum Gasteiger partial charge on any atom is 0.275 e. The summed E-state index contributed by atoms with van der Waals surface area (Å²) in [5, 5.41) is 6.92. The minimum Gasteiger partial charge on any atom is -0.337 e. The summed E-state index contributed by atoms with van der Waals surface area (Å²) in [6.07, 6.45) is 5.70. The lowest BCUT2D eigenvalue weighted by Gasteiger charge is -2.21. The SMILES string of the molecule is CCCCN(CCCC)C(=O)c1n[nH]cc1Cl. The highest BCUT2D eigenvalue weighted by Gasteiger charge is 2.19. The number of rotatable bonds is 7. The van der Waals surface area contributed by atoms with Gasteiger partial charge in [0.15, 0.2) is 5.69 Å². The van der Waals surface area contributed by atoms with Gasteiger partial charge in [0, 0.05) is 19.3 Å². The zero-order chi connectivity index (χ0) is 12.7. The zero-order valence-electron chi connectivity index (χ0n) is 10.5. The molecule has 0 saturated carbocycles. The van der Waals surface area contributed by atoms with E-state index >= 15 is 0 Å². The van der Waals surface area contributed by atoms with E-state index in [0.29, 0.717) is 10.7 Å². The van der Waals surface area contributed by atoms with Crippen molar-refractivity contribution in [2.75, 3.05) is 13.1 Å². The number of nitrogens with one attached hydrogen (secondary N) is 1. The molecule has 1 amide bonds. The monoisotopic (exact) mass is 257 g/mol. The van der Waals surface area contributed by atoms with Crippen LogP contribution in [0.15, 0.2) is 6.20 Å². The zero-order valence-corrected chi connectivity index (χ0v) is 11.3. The quantitative estimate of drug-likeness (QED) is 0.816. The molecule has 0 saturated heterocycles. The van der Waals surface area contributed by atoms with Gasteiger partial charge in [-0.25, -0.2) is 0 Å². The van der Waals surface area contributed by atoms with Crippen LogP contribution in [0.25, 0.3) is 0 Å². The number of H-pyrrole nitrogens is 1. The molecule has 0 aromatic carbocycles. The van der Waals surface area contributed by atoms with E-state index in [2.05, 4.69) is 24.0 Å². The van der Waals surface area contributed by atoms with Gasteiger partial charge < -0.3 is 4.90 Å². The van der Waals surface area contributed by atoms with Crippen LogP contribution in [0.1, 0.15) is 50.0 Å². The fraction of sp³-hybridized carbons (Fsp3) is 0.667. The molecule has 0 fully saturated rings. The Morgan fingerprint density at radius 3 is 2.35 bits per heavy atom. The number of amides is 1. The Morgan fingerprint density at radius 2 is 1.94 bits per heavy atom. The lowest BCUT2D eigenvalue weighted by molar-refractivity contribution is 0.0745. The second-order valence-electron chi connectivity index (χ2n) is 4.08. The first kappa shape index (κ1) is 14.0. The third-order valence-electron chi connectivity index (χ3n) is 2.65. The maximum absolute atomic E-state index is 12.2. The molecule has 5 heteroatoms. The second kappa shape index (κ2) is 7.33. The highest BCUT2D eigenvalue weighted by Crippen LogP contribution is 2.15. The molecule has 0 bridgehead atoms. The van der Waals surface area contributed by atoms with Gasteiger partial charge >= 0.3 is 0 Å². The smallest absolute Gasteiger partial charge is 0.275 e. The average molecular weight is 258 g/mol. The van der Waals surface area contributed by atoms with Crippen molar-refractivity contribution in [1.82, 2.24) is 15.1 Å². The number of unbranched alkanes of at least 4 members (excludes halogenated alkanes) is 2. The number of nitrogens with zero attached hydrogens (tertiary/aromatic N) is 2. The standard InChI is InChI=1S/C12H20ClN3O/c1-3-5-7-16(8-6-4-2)12(17)11-10(13)9-14-15-11/h9H,3-8H2,1-2H3,(H,14,15). The van der Waals surface area contributed by atoms with E-state index in [-0.39, 0.29) is 5.91 Å². The molecule has 17 heavy (non-hydrogen) atoms. The Morgan fingerprint density at radius 1 is 1.35 bits per heavy atom. The van der Waals surface area contributed by atoms with Crippen molar-refractivity contribution in [3.63, 3.8) is 0 Å². The summed E-state index contributed by atoms with van der Waals surface area (Å²) in [5.74, 6) is -0.0712. The average Bonchev–Trinajstić information content (AvgIpc) is 2.75. The van der Waals surface area contributed by atoms with Crippen molar-refractivity contribution in [3.8, 4) is 0 Å². The van der Waals surface area contributed by atoms with E-state index in [4.69, 9.17) is 11.6 Å². The van der Waals surface area contributed by atoms with Crippen LogP contribution >= 0.6 is 11.6 Å². The molecule has 0 aliphatic rings. The van der Waals surface area contributed by atoms with Gasteiger partial charge in [-0.2, -0.15) is 5.10 Å². The molecule has 0 radical (unpaired) electrons. The highest BCUT2D eigenvalue weighted by atomic mass is 35.5. The van der Waals surface area contributed by atoms with Crippen LogP contribution in [0.2, 0.25) is 5.02 Å². The first-order valence-electron chi connectivity index (χ1n) is 6.19. The van der Waals surface area contributed by atoms with Crippen molar-refractivity contribution in [3.05, 3.63) is 16.9 Å². The van der Waals surface area contributed by atoms with Gasteiger partial charge in [0.05, 0.1) is 5.02 Å². The van der Waals surface area contributed by atoms with Crippen LogP contribution in [0.4, 0.5) is 0 Å². The lowest BCUT2D eigenvalue weighted by atomic mass is 10.2. The third kappa shape index (κ3) is 4.04. The Kier molecular flexibility index (Phi) is 6.05. The van der Waals surface area contributed by atoms with Crippen molar-refractivity contribution in [1.29, 1.82) is 0 Å². The topological polar surface area (TPSA) is 49.0 Å². The molecule has 96 valence electrons. The molecule has 0 atom stereocenters. The first-order valence-corrected chi connectivity index (χ1v) is 6.57. The first-order chi connectivity index (χ1) is 8.20. The molecule has 1 heterocycles. The van der Waals surface area contributed by atoms with E-state index in [1.54, 1.807) is 0 Å². The normalized spacial score (nSPS) is 10.5. The van der Waals surface area contributed by atoms with Crippen LogP contribution < -0.4 is 0 Å². The van der Waals surface area contributed by atoms with Gasteiger partial charge in [-0.15, -0.1) is 0 Å². The lowest BCUT2D eigenvalue weighted by Crippen LogP contribution is -2.33. The molecule has 0 aliphatic heterocycles. The second-order valence-corrected chi connectivity index (χ2v) is 4.49. The summed E-state index contributed by atoms with van der Waals surface area (Å²) >= 11 is 5.91. The molecule has 1 N–H and O–H groups in total.